The van der Waals surface area contributed by atoms with Gasteiger partial charge >= 0.3 is 5.97 Å². The van der Waals surface area contributed by atoms with Gasteiger partial charge in [-0.05, 0) is 74.2 Å². The summed E-state index contributed by atoms with van der Waals surface area (Å²) in [6, 6.07) is 11.4. The summed E-state index contributed by atoms with van der Waals surface area (Å²) < 4.78 is 6.20. The maximum Gasteiger partial charge on any atom is 0.335 e. The molecule has 2 N–H and O–H groups in total. The van der Waals surface area contributed by atoms with Crippen LogP contribution in [0.3, 0.4) is 0 Å². The normalized spacial score (nSPS) is 24.2. The van der Waals surface area contributed by atoms with Crippen molar-refractivity contribution in [3.63, 3.8) is 0 Å². The van der Waals surface area contributed by atoms with Crippen molar-refractivity contribution in [2.45, 2.75) is 63.6 Å². The third-order valence-corrected chi connectivity index (χ3v) is 9.29. The van der Waals surface area contributed by atoms with Crippen LogP contribution in [0.5, 0.6) is 5.75 Å². The van der Waals surface area contributed by atoms with Gasteiger partial charge in [0.05, 0.1) is 16.7 Å². The summed E-state index contributed by atoms with van der Waals surface area (Å²) in [7, 11) is 0. The fourth-order valence-electron chi connectivity index (χ4n) is 6.70. The predicted octanol–water partition coefficient (Wildman–Crippen LogP) is 2.93. The Kier molecular flexibility index (Phi) is 7.91. The number of nitrogens with one attached hydrogen (secondary N) is 1. The van der Waals surface area contributed by atoms with Gasteiger partial charge in [-0.25, -0.2) is 4.79 Å². The van der Waals surface area contributed by atoms with Gasteiger partial charge in [-0.3, -0.25) is 29.4 Å². The highest BCUT2D eigenvalue weighted by atomic mass is 16.5. The zero-order chi connectivity index (χ0) is 30.2. The van der Waals surface area contributed by atoms with Crippen LogP contribution in [-0.4, -0.2) is 88.9 Å². The van der Waals surface area contributed by atoms with E-state index in [0.29, 0.717) is 23.3 Å². The van der Waals surface area contributed by atoms with Crippen molar-refractivity contribution in [3.8, 4) is 5.75 Å². The fraction of sp³-hybridized carbons (Fsp3) is 0.469. The van der Waals surface area contributed by atoms with Crippen LogP contribution < -0.4 is 15.0 Å². The first-order chi connectivity index (χ1) is 20.7. The second-order valence-corrected chi connectivity index (χ2v) is 11.9. The van der Waals surface area contributed by atoms with Crippen LogP contribution in [0.2, 0.25) is 0 Å². The number of carbonyl (C=O) groups excluding carboxylic acids is 4. The number of piperidine rings is 2. The van der Waals surface area contributed by atoms with Crippen LogP contribution in [0.25, 0.3) is 0 Å². The average Bonchev–Trinajstić information content (AvgIpc) is 3.23. The fourth-order valence-corrected chi connectivity index (χ4v) is 6.70. The van der Waals surface area contributed by atoms with Crippen molar-refractivity contribution in [1.29, 1.82) is 0 Å². The SMILES string of the molecule is CCN(CC1CCN(c2ccc(C(=O)O)cc2)CC1)[C@H]1C[C@H](Oc2ccc3c(c2)C(=O)N(C2CCC(=O)NC2=O)C3=O)C1. The quantitative estimate of drug-likeness (QED) is 0.424. The van der Waals surface area contributed by atoms with E-state index in [1.54, 1.807) is 30.3 Å². The Morgan fingerprint density at radius 3 is 2.33 bits per heavy atom. The molecular weight excluding hydrogens is 552 g/mol. The van der Waals surface area contributed by atoms with Crippen molar-refractivity contribution in [1.82, 2.24) is 15.1 Å². The summed E-state index contributed by atoms with van der Waals surface area (Å²) in [6.45, 7) is 6.08. The highest BCUT2D eigenvalue weighted by Crippen LogP contribution is 2.35. The number of carboxylic acids is 1. The molecule has 6 rings (SSSR count). The van der Waals surface area contributed by atoms with Gasteiger partial charge in [-0.15, -0.1) is 0 Å². The minimum atomic E-state index is -0.987. The van der Waals surface area contributed by atoms with Crippen molar-refractivity contribution in [2.75, 3.05) is 31.1 Å². The van der Waals surface area contributed by atoms with Crippen LogP contribution >= 0.6 is 0 Å². The maximum absolute atomic E-state index is 13.1. The number of anilines is 1. The monoisotopic (exact) mass is 588 g/mol. The number of carbonyl (C=O) groups is 5. The van der Waals surface area contributed by atoms with Gasteiger partial charge in [0.1, 0.15) is 17.9 Å². The molecule has 2 aromatic rings. The number of nitrogens with zero attached hydrogens (tertiary/aromatic N) is 3. The van der Waals surface area contributed by atoms with E-state index in [-0.39, 0.29) is 30.1 Å². The molecule has 3 aliphatic heterocycles. The average molecular weight is 589 g/mol. The molecule has 4 aliphatic rings. The van der Waals surface area contributed by atoms with Crippen LogP contribution in [0.1, 0.15) is 76.5 Å². The minimum Gasteiger partial charge on any atom is -0.490 e. The second-order valence-electron chi connectivity index (χ2n) is 11.9. The molecule has 1 atom stereocenters. The number of hydrogen-bond acceptors (Lipinski definition) is 8. The molecule has 0 radical (unpaired) electrons. The van der Waals surface area contributed by atoms with E-state index >= 15 is 0 Å². The van der Waals surface area contributed by atoms with Crippen molar-refractivity contribution in [2.24, 2.45) is 5.92 Å². The van der Waals surface area contributed by atoms with Gasteiger partial charge < -0.3 is 19.6 Å². The molecule has 3 fully saturated rings. The number of imide groups is 2. The molecule has 11 heteroatoms. The third kappa shape index (κ3) is 5.73. The van der Waals surface area contributed by atoms with Gasteiger partial charge in [-0.2, -0.15) is 0 Å². The van der Waals surface area contributed by atoms with E-state index in [9.17, 15) is 24.0 Å². The van der Waals surface area contributed by atoms with Gasteiger partial charge in [0.15, 0.2) is 0 Å². The Morgan fingerprint density at radius 1 is 0.977 bits per heavy atom. The lowest BCUT2D eigenvalue weighted by molar-refractivity contribution is -0.136. The zero-order valence-electron chi connectivity index (χ0n) is 24.2. The van der Waals surface area contributed by atoms with Gasteiger partial charge in [0.25, 0.3) is 11.8 Å². The van der Waals surface area contributed by atoms with E-state index in [2.05, 4.69) is 22.0 Å². The van der Waals surface area contributed by atoms with Crippen molar-refractivity contribution in [3.05, 3.63) is 59.2 Å². The van der Waals surface area contributed by atoms with E-state index in [1.807, 2.05) is 12.1 Å². The maximum atomic E-state index is 13.1. The van der Waals surface area contributed by atoms with Gasteiger partial charge in [-0.1, -0.05) is 6.92 Å². The Morgan fingerprint density at radius 2 is 1.67 bits per heavy atom. The Hall–Kier alpha value is -4.25. The number of aromatic carboxylic acids is 1. The molecular formula is C32H36N4O7. The molecule has 2 saturated heterocycles. The largest absolute Gasteiger partial charge is 0.490 e. The molecule has 0 bridgehead atoms. The van der Waals surface area contributed by atoms with Crippen LogP contribution in [0, 0.1) is 5.92 Å². The number of ether oxygens (including phenoxy) is 1. The van der Waals surface area contributed by atoms with Crippen LogP contribution in [0.15, 0.2) is 42.5 Å². The van der Waals surface area contributed by atoms with Gasteiger partial charge in [0, 0.05) is 50.6 Å². The lowest BCUT2D eigenvalue weighted by Gasteiger charge is -2.44. The summed E-state index contributed by atoms with van der Waals surface area (Å²) in [5.74, 6) is -1.87. The summed E-state index contributed by atoms with van der Waals surface area (Å²) in [5, 5.41) is 11.3. The minimum absolute atomic E-state index is 0.0196. The van der Waals surface area contributed by atoms with Crippen LogP contribution in [0.4, 0.5) is 5.69 Å². The lowest BCUT2D eigenvalue weighted by atomic mass is 9.86. The van der Waals surface area contributed by atoms with Crippen molar-refractivity contribution < 1.29 is 33.8 Å². The zero-order valence-corrected chi connectivity index (χ0v) is 24.2. The number of rotatable bonds is 9. The molecule has 2 aromatic carbocycles. The molecule has 1 unspecified atom stereocenters. The smallest absolute Gasteiger partial charge is 0.335 e. The highest BCUT2D eigenvalue weighted by molar-refractivity contribution is 6.23. The second kappa shape index (κ2) is 11.8. The van der Waals surface area contributed by atoms with E-state index in [4.69, 9.17) is 9.84 Å². The molecule has 43 heavy (non-hydrogen) atoms. The first-order valence-corrected chi connectivity index (χ1v) is 15.1. The summed E-state index contributed by atoms with van der Waals surface area (Å²) in [6.07, 6.45) is 4.16. The Balaban J connectivity index is 0.989. The lowest BCUT2D eigenvalue weighted by Crippen LogP contribution is -2.54. The molecule has 1 aliphatic carbocycles. The molecule has 226 valence electrons. The number of fused-ring (bicyclic) bond motifs is 1. The highest BCUT2D eigenvalue weighted by Gasteiger charge is 2.45. The number of hydrogen-bond donors (Lipinski definition) is 2. The van der Waals surface area contributed by atoms with E-state index in [0.717, 1.165) is 62.4 Å². The Labute approximate surface area is 249 Å². The number of carboxylic acid groups (broad SMARTS) is 1. The Bertz CT molecular complexity index is 1440. The van der Waals surface area contributed by atoms with Crippen LogP contribution in [-0.2, 0) is 9.59 Å². The first-order valence-electron chi connectivity index (χ1n) is 15.1. The molecule has 4 amide bonds. The summed E-state index contributed by atoms with van der Waals surface area (Å²) >= 11 is 0. The summed E-state index contributed by atoms with van der Waals surface area (Å²) in [4.78, 5) is 66.8. The molecule has 0 spiro atoms. The standard InChI is InChI=1S/C32H36N4O7/c1-2-34(18-19-11-13-35(14-12-19)21-5-3-20(4-6-21)32(41)42)22-15-24(16-22)43-23-7-8-25-26(17-23)31(40)36(30(25)39)27-9-10-28(37)33-29(27)38/h3-8,17,19,22,24,27H,2,9-16,18H2,1H3,(H,41,42)(H,33,37,38)/t22-,24-,27?. The topological polar surface area (TPSA) is 137 Å². The van der Waals surface area contributed by atoms with Gasteiger partial charge in [0.2, 0.25) is 11.8 Å². The molecule has 0 aromatic heterocycles. The molecule has 1 saturated carbocycles. The third-order valence-electron chi connectivity index (χ3n) is 9.29. The molecule has 11 nitrogen and oxygen atoms in total. The van der Waals surface area contributed by atoms with Crippen molar-refractivity contribution >= 4 is 35.3 Å². The van der Waals surface area contributed by atoms with E-state index in [1.165, 1.54) is 0 Å². The van der Waals surface area contributed by atoms with E-state index < -0.39 is 35.6 Å². The number of benzene rings is 2. The molecule has 3 heterocycles. The first kappa shape index (κ1) is 28.9. The summed E-state index contributed by atoms with van der Waals surface area (Å²) in [5.41, 5.74) is 1.84. The predicted molar refractivity (Wildman–Crippen MR) is 156 cm³/mol. The number of amides is 4.